The minimum absolute atomic E-state index is 0.107. The SMILES string of the molecule is CC1C(=O)N(CC(=O)Nc2ccc(Cl)c(F)c2)c2cc(C3CN(CC(F)F)C3)cc(F)c2-c2cccnc21. The van der Waals surface area contributed by atoms with E-state index in [1.54, 1.807) is 30.0 Å². The first kappa shape index (κ1) is 26.1. The molecule has 6 nitrogen and oxygen atoms in total. The molecule has 0 bridgehead atoms. The van der Waals surface area contributed by atoms with Gasteiger partial charge in [0.05, 0.1) is 28.9 Å². The molecule has 1 aromatic heterocycles. The van der Waals surface area contributed by atoms with Crippen molar-refractivity contribution in [3.8, 4) is 11.1 Å². The van der Waals surface area contributed by atoms with Crippen molar-refractivity contribution in [1.82, 2.24) is 9.88 Å². The van der Waals surface area contributed by atoms with Crippen molar-refractivity contribution in [3.05, 3.63) is 76.6 Å². The van der Waals surface area contributed by atoms with E-state index in [0.29, 0.717) is 29.9 Å². The van der Waals surface area contributed by atoms with Crippen LogP contribution in [0.1, 0.15) is 30.0 Å². The first-order chi connectivity index (χ1) is 18.1. The average molecular weight is 547 g/mol. The number of carbonyl (C=O) groups excluding carboxylic acids is 2. The van der Waals surface area contributed by atoms with Gasteiger partial charge in [-0.1, -0.05) is 17.7 Å². The largest absolute Gasteiger partial charge is 0.324 e. The minimum Gasteiger partial charge on any atom is -0.324 e. The Labute approximate surface area is 221 Å². The molecule has 1 atom stereocenters. The van der Waals surface area contributed by atoms with E-state index in [-0.39, 0.29) is 34.4 Å². The summed E-state index contributed by atoms with van der Waals surface area (Å²) in [5.41, 5.74) is 1.82. The second-order valence-corrected chi connectivity index (χ2v) is 9.87. The molecule has 11 heteroatoms. The molecule has 38 heavy (non-hydrogen) atoms. The first-order valence-corrected chi connectivity index (χ1v) is 12.4. The lowest BCUT2D eigenvalue weighted by atomic mass is 9.88. The van der Waals surface area contributed by atoms with Crippen LogP contribution in [0.15, 0.2) is 48.7 Å². The third-order valence-electron chi connectivity index (χ3n) is 6.87. The van der Waals surface area contributed by atoms with Crippen molar-refractivity contribution in [2.75, 3.05) is 36.4 Å². The summed E-state index contributed by atoms with van der Waals surface area (Å²) in [5.74, 6) is -3.41. The van der Waals surface area contributed by atoms with Crippen molar-refractivity contribution < 1.29 is 27.2 Å². The van der Waals surface area contributed by atoms with Gasteiger partial charge in [0.15, 0.2) is 0 Å². The van der Waals surface area contributed by atoms with Crippen LogP contribution in [0.2, 0.25) is 5.02 Å². The number of likely N-dealkylation sites (tertiary alicyclic amines) is 1. The number of amides is 2. The maximum atomic E-state index is 15.8. The predicted octanol–water partition coefficient (Wildman–Crippen LogP) is 5.43. The van der Waals surface area contributed by atoms with Crippen LogP contribution < -0.4 is 10.2 Å². The summed E-state index contributed by atoms with van der Waals surface area (Å²) in [6.07, 6.45) is -0.955. The Morgan fingerprint density at radius 3 is 2.63 bits per heavy atom. The van der Waals surface area contributed by atoms with Gasteiger partial charge in [0.25, 0.3) is 6.43 Å². The van der Waals surface area contributed by atoms with E-state index >= 15 is 4.39 Å². The molecule has 1 saturated heterocycles. The maximum absolute atomic E-state index is 15.8. The van der Waals surface area contributed by atoms with E-state index < -0.39 is 42.3 Å². The van der Waals surface area contributed by atoms with Crippen LogP contribution in [0, 0.1) is 11.6 Å². The molecule has 0 spiro atoms. The minimum atomic E-state index is -2.47. The van der Waals surface area contributed by atoms with Crippen LogP contribution in [-0.2, 0) is 9.59 Å². The number of hydrogen-bond acceptors (Lipinski definition) is 4. The molecule has 0 aliphatic carbocycles. The van der Waals surface area contributed by atoms with E-state index in [1.165, 1.54) is 29.3 Å². The summed E-state index contributed by atoms with van der Waals surface area (Å²) in [5, 5.41) is 2.44. The number of anilines is 2. The van der Waals surface area contributed by atoms with E-state index in [1.807, 2.05) is 0 Å². The van der Waals surface area contributed by atoms with Gasteiger partial charge in [0, 0.05) is 42.0 Å². The molecule has 1 fully saturated rings. The zero-order chi connectivity index (χ0) is 27.1. The molecule has 198 valence electrons. The summed E-state index contributed by atoms with van der Waals surface area (Å²) >= 11 is 5.71. The number of carbonyl (C=O) groups is 2. The van der Waals surface area contributed by atoms with E-state index in [4.69, 9.17) is 11.6 Å². The average Bonchev–Trinajstić information content (AvgIpc) is 2.93. The number of hydrogen-bond donors (Lipinski definition) is 1. The summed E-state index contributed by atoms with van der Waals surface area (Å²) in [6, 6.07) is 10.1. The van der Waals surface area contributed by atoms with Crippen molar-refractivity contribution >= 4 is 34.8 Å². The van der Waals surface area contributed by atoms with Gasteiger partial charge in [-0.3, -0.25) is 19.5 Å². The van der Waals surface area contributed by atoms with Gasteiger partial charge in [0.1, 0.15) is 18.2 Å². The molecule has 1 N–H and O–H groups in total. The van der Waals surface area contributed by atoms with Gasteiger partial charge in [-0.15, -0.1) is 0 Å². The summed E-state index contributed by atoms with van der Waals surface area (Å²) in [6.45, 7) is 1.45. The fourth-order valence-electron chi connectivity index (χ4n) is 4.98. The number of halogens is 5. The Kier molecular flexibility index (Phi) is 7.11. The van der Waals surface area contributed by atoms with Gasteiger partial charge >= 0.3 is 0 Å². The molecule has 0 radical (unpaired) electrons. The molecule has 3 aromatic rings. The van der Waals surface area contributed by atoms with Crippen LogP contribution in [0.5, 0.6) is 0 Å². The zero-order valence-corrected chi connectivity index (χ0v) is 21.0. The highest BCUT2D eigenvalue weighted by Gasteiger charge is 2.37. The Morgan fingerprint density at radius 1 is 1.16 bits per heavy atom. The van der Waals surface area contributed by atoms with Crippen molar-refractivity contribution in [2.24, 2.45) is 0 Å². The highest BCUT2D eigenvalue weighted by molar-refractivity contribution is 6.30. The molecular weight excluding hydrogens is 524 g/mol. The van der Waals surface area contributed by atoms with Gasteiger partial charge < -0.3 is 10.2 Å². The molecule has 2 aromatic carbocycles. The molecule has 3 heterocycles. The number of benzene rings is 2. The smallest absolute Gasteiger partial charge is 0.251 e. The summed E-state index contributed by atoms with van der Waals surface area (Å²) in [7, 11) is 0. The van der Waals surface area contributed by atoms with Gasteiger partial charge in [0.2, 0.25) is 11.8 Å². The molecule has 2 amide bonds. The Balaban J connectivity index is 1.52. The van der Waals surface area contributed by atoms with Gasteiger partial charge in [-0.25, -0.2) is 17.6 Å². The first-order valence-electron chi connectivity index (χ1n) is 12.0. The topological polar surface area (TPSA) is 65.5 Å². The fourth-order valence-corrected chi connectivity index (χ4v) is 5.09. The van der Waals surface area contributed by atoms with Crippen molar-refractivity contribution in [2.45, 2.75) is 25.2 Å². The van der Waals surface area contributed by atoms with Crippen molar-refractivity contribution in [3.63, 3.8) is 0 Å². The molecule has 1 unspecified atom stereocenters. The second kappa shape index (κ2) is 10.3. The number of pyridine rings is 1. The summed E-state index contributed by atoms with van der Waals surface area (Å²) in [4.78, 5) is 33.7. The normalized spacial score (nSPS) is 17.6. The van der Waals surface area contributed by atoms with Gasteiger partial charge in [-0.05, 0) is 48.9 Å². The van der Waals surface area contributed by atoms with E-state index in [2.05, 4.69) is 10.3 Å². The van der Waals surface area contributed by atoms with Crippen molar-refractivity contribution in [1.29, 1.82) is 0 Å². The molecule has 0 saturated carbocycles. The number of nitrogens with one attached hydrogen (secondary N) is 1. The predicted molar refractivity (Wildman–Crippen MR) is 136 cm³/mol. The third kappa shape index (κ3) is 4.98. The quantitative estimate of drug-likeness (QED) is 0.419. The van der Waals surface area contributed by atoms with Crippen LogP contribution in [-0.4, -0.2) is 54.3 Å². The Morgan fingerprint density at radius 2 is 1.92 bits per heavy atom. The Hall–Kier alpha value is -3.50. The monoisotopic (exact) mass is 546 g/mol. The number of fused-ring (bicyclic) bond motifs is 3. The number of aromatic nitrogens is 1. The second-order valence-electron chi connectivity index (χ2n) is 9.46. The van der Waals surface area contributed by atoms with Crippen LogP contribution in [0.4, 0.5) is 28.9 Å². The molecule has 5 rings (SSSR count). The van der Waals surface area contributed by atoms with Crippen LogP contribution >= 0.6 is 11.6 Å². The van der Waals surface area contributed by atoms with Crippen LogP contribution in [0.3, 0.4) is 0 Å². The fraction of sp³-hybridized carbons (Fsp3) is 0.296. The number of rotatable bonds is 6. The number of nitrogens with zero attached hydrogens (tertiary/aromatic N) is 3. The highest BCUT2D eigenvalue weighted by Crippen LogP contribution is 2.44. The lowest BCUT2D eigenvalue weighted by Gasteiger charge is -2.39. The van der Waals surface area contributed by atoms with Gasteiger partial charge in [-0.2, -0.15) is 0 Å². The van der Waals surface area contributed by atoms with E-state index in [0.717, 1.165) is 6.07 Å². The highest BCUT2D eigenvalue weighted by atomic mass is 35.5. The molecule has 2 aliphatic rings. The zero-order valence-electron chi connectivity index (χ0n) is 20.2. The lowest BCUT2D eigenvalue weighted by Crippen LogP contribution is -2.47. The third-order valence-corrected chi connectivity index (χ3v) is 7.17. The van der Waals surface area contributed by atoms with E-state index in [9.17, 15) is 22.8 Å². The lowest BCUT2D eigenvalue weighted by molar-refractivity contribution is -0.122. The molecular formula is C27H23ClF4N4O2. The molecule has 2 aliphatic heterocycles. The van der Waals surface area contributed by atoms with Crippen LogP contribution in [0.25, 0.3) is 11.1 Å². The Bertz CT molecular complexity index is 1410. The number of alkyl halides is 2. The standard InChI is InChI=1S/C27H23ClF4N4O2/c1-14-26-18(3-2-6-33-26)25-21(30)7-15(16-10-35(11-16)12-23(31)32)8-22(25)36(27(14)38)13-24(37)34-17-4-5-19(28)20(29)9-17/h2-9,14,16,23H,10-13H2,1H3,(H,34,37). The summed E-state index contributed by atoms with van der Waals surface area (Å²) < 4.78 is 55.1. The maximum Gasteiger partial charge on any atom is 0.251 e.